The lowest BCUT2D eigenvalue weighted by Crippen LogP contribution is -2.20. The normalized spacial score (nSPS) is 10.9. The highest BCUT2D eigenvalue weighted by Crippen LogP contribution is 2.34. The molecule has 1 heterocycles. The Labute approximate surface area is 259 Å². The second-order valence-corrected chi connectivity index (χ2v) is 10.3. The van der Waals surface area contributed by atoms with Gasteiger partial charge in [0.05, 0.1) is 33.3 Å². The molecule has 4 aromatic carbocycles. The van der Waals surface area contributed by atoms with Crippen molar-refractivity contribution in [1.29, 1.82) is 0 Å². The van der Waals surface area contributed by atoms with E-state index in [2.05, 4.69) is 20.7 Å². The minimum atomic E-state index is -0.295. The number of rotatable bonds is 13. The summed E-state index contributed by atoms with van der Waals surface area (Å²) in [7, 11) is 4.75. The van der Waals surface area contributed by atoms with Crippen LogP contribution in [0, 0.1) is 0 Å². The van der Waals surface area contributed by atoms with Crippen LogP contribution in [0.2, 0.25) is 0 Å². The zero-order chi connectivity index (χ0) is 30.7. The second-order valence-electron chi connectivity index (χ2n) is 9.31. The SMILES string of the molecule is COc1ccc(-c2nnc(SCC(=O)N/N=C/c3ccc(OCc4ccccc4)c(OC)c3)n2-c2ccccc2)cc1OC. The zero-order valence-corrected chi connectivity index (χ0v) is 25.3. The number of amides is 1. The van der Waals surface area contributed by atoms with E-state index in [9.17, 15) is 4.79 Å². The van der Waals surface area contributed by atoms with E-state index in [0.717, 1.165) is 22.4 Å². The van der Waals surface area contributed by atoms with Crippen LogP contribution < -0.4 is 24.4 Å². The van der Waals surface area contributed by atoms with Gasteiger partial charge in [0.1, 0.15) is 6.61 Å². The summed E-state index contributed by atoms with van der Waals surface area (Å²) < 4.78 is 24.2. The first-order chi connectivity index (χ1) is 21.6. The highest BCUT2D eigenvalue weighted by molar-refractivity contribution is 7.99. The zero-order valence-electron chi connectivity index (χ0n) is 24.5. The summed E-state index contributed by atoms with van der Waals surface area (Å²) in [6.07, 6.45) is 1.55. The standard InChI is InChI=1S/C33H31N5O5S/c1-40-27-17-15-25(19-30(27)42-3)32-36-37-33(38(32)26-12-8-5-9-13-26)44-22-31(39)35-34-20-24-14-16-28(29(18-24)41-2)43-21-23-10-6-4-7-11-23/h4-20H,21-22H2,1-3H3,(H,35,39)/b34-20+. The van der Waals surface area contributed by atoms with Gasteiger partial charge in [-0.25, -0.2) is 5.43 Å². The molecule has 0 aliphatic carbocycles. The van der Waals surface area contributed by atoms with E-state index in [1.165, 1.54) is 11.8 Å². The Morgan fingerprint density at radius 3 is 2.23 bits per heavy atom. The lowest BCUT2D eigenvalue weighted by atomic mass is 10.2. The van der Waals surface area contributed by atoms with Crippen molar-refractivity contribution in [2.45, 2.75) is 11.8 Å². The molecule has 224 valence electrons. The van der Waals surface area contributed by atoms with E-state index in [-0.39, 0.29) is 11.7 Å². The Morgan fingerprint density at radius 2 is 1.50 bits per heavy atom. The monoisotopic (exact) mass is 609 g/mol. The number of hydrazone groups is 1. The number of hydrogen-bond acceptors (Lipinski definition) is 9. The summed E-state index contributed by atoms with van der Waals surface area (Å²) in [4.78, 5) is 12.7. The summed E-state index contributed by atoms with van der Waals surface area (Å²) in [5, 5.41) is 13.5. The Balaban J connectivity index is 1.24. The van der Waals surface area contributed by atoms with Gasteiger partial charge >= 0.3 is 0 Å². The largest absolute Gasteiger partial charge is 0.493 e. The Hall–Kier alpha value is -5.29. The van der Waals surface area contributed by atoms with Crippen molar-refractivity contribution >= 4 is 23.9 Å². The maximum Gasteiger partial charge on any atom is 0.250 e. The van der Waals surface area contributed by atoms with Gasteiger partial charge in [0.25, 0.3) is 5.91 Å². The molecular weight excluding hydrogens is 578 g/mol. The highest BCUT2D eigenvalue weighted by Gasteiger charge is 2.19. The average molecular weight is 610 g/mol. The van der Waals surface area contributed by atoms with E-state index in [4.69, 9.17) is 18.9 Å². The smallest absolute Gasteiger partial charge is 0.250 e. The van der Waals surface area contributed by atoms with Crippen molar-refractivity contribution in [3.8, 4) is 40.1 Å². The summed E-state index contributed by atoms with van der Waals surface area (Å²) in [5.41, 5.74) is 6.01. The first kappa shape index (κ1) is 30.2. The van der Waals surface area contributed by atoms with Crippen LogP contribution in [0.15, 0.2) is 107 Å². The predicted octanol–water partition coefficient (Wildman–Crippen LogP) is 5.78. The van der Waals surface area contributed by atoms with E-state index in [0.29, 0.717) is 40.6 Å². The molecule has 1 amide bonds. The number of hydrogen-bond donors (Lipinski definition) is 1. The first-order valence-corrected chi connectivity index (χ1v) is 14.6. The van der Waals surface area contributed by atoms with Crippen molar-refractivity contribution < 1.29 is 23.7 Å². The highest BCUT2D eigenvalue weighted by atomic mass is 32.2. The quantitative estimate of drug-likeness (QED) is 0.102. The first-order valence-electron chi connectivity index (χ1n) is 13.6. The van der Waals surface area contributed by atoms with Crippen molar-refractivity contribution in [2.75, 3.05) is 27.1 Å². The van der Waals surface area contributed by atoms with Gasteiger partial charge in [-0.2, -0.15) is 5.10 Å². The van der Waals surface area contributed by atoms with Crippen LogP contribution >= 0.6 is 11.8 Å². The number of carbonyl (C=O) groups is 1. The van der Waals surface area contributed by atoms with Gasteiger partial charge in [0.2, 0.25) is 0 Å². The number of para-hydroxylation sites is 1. The number of ether oxygens (including phenoxy) is 4. The molecule has 0 spiro atoms. The van der Waals surface area contributed by atoms with Gasteiger partial charge in [-0.05, 0) is 59.7 Å². The molecular formula is C33H31N5O5S. The number of aromatic nitrogens is 3. The van der Waals surface area contributed by atoms with Crippen molar-refractivity contribution in [1.82, 2.24) is 20.2 Å². The number of carbonyl (C=O) groups excluding carboxylic acids is 1. The molecule has 0 aliphatic rings. The van der Waals surface area contributed by atoms with Gasteiger partial charge in [-0.1, -0.05) is 60.3 Å². The summed E-state index contributed by atoms with van der Waals surface area (Å²) in [5.74, 6) is 2.75. The Bertz CT molecular complexity index is 1730. The molecule has 44 heavy (non-hydrogen) atoms. The molecule has 1 N–H and O–H groups in total. The van der Waals surface area contributed by atoms with E-state index in [1.54, 1.807) is 33.6 Å². The van der Waals surface area contributed by atoms with Crippen LogP contribution in [0.3, 0.4) is 0 Å². The summed E-state index contributed by atoms with van der Waals surface area (Å²) >= 11 is 1.25. The topological polar surface area (TPSA) is 109 Å². The molecule has 0 aliphatic heterocycles. The van der Waals surface area contributed by atoms with Gasteiger partial charge < -0.3 is 18.9 Å². The minimum Gasteiger partial charge on any atom is -0.493 e. The minimum absolute atomic E-state index is 0.0732. The van der Waals surface area contributed by atoms with Gasteiger partial charge in [-0.15, -0.1) is 10.2 Å². The Morgan fingerprint density at radius 1 is 0.818 bits per heavy atom. The number of nitrogens with one attached hydrogen (secondary N) is 1. The van der Waals surface area contributed by atoms with Crippen molar-refractivity contribution in [2.24, 2.45) is 5.10 Å². The molecule has 1 aromatic heterocycles. The van der Waals surface area contributed by atoms with Crippen LogP contribution in [-0.2, 0) is 11.4 Å². The fourth-order valence-electron chi connectivity index (χ4n) is 4.30. The number of thioether (sulfide) groups is 1. The van der Waals surface area contributed by atoms with Crippen LogP contribution in [-0.4, -0.2) is 54.0 Å². The summed E-state index contributed by atoms with van der Waals surface area (Å²) in [6, 6.07) is 30.6. The van der Waals surface area contributed by atoms with Gasteiger partial charge in [-0.3, -0.25) is 9.36 Å². The lowest BCUT2D eigenvalue weighted by molar-refractivity contribution is -0.118. The molecule has 0 saturated carbocycles. The van der Waals surface area contributed by atoms with Gasteiger partial charge in [0, 0.05) is 11.3 Å². The number of methoxy groups -OCH3 is 3. The van der Waals surface area contributed by atoms with E-state index < -0.39 is 0 Å². The fourth-order valence-corrected chi connectivity index (χ4v) is 5.04. The third-order valence-electron chi connectivity index (χ3n) is 6.45. The Kier molecular flexibility index (Phi) is 10.1. The van der Waals surface area contributed by atoms with E-state index in [1.807, 2.05) is 95.6 Å². The second kappa shape index (κ2) is 14.7. The molecule has 0 saturated heterocycles. The maximum atomic E-state index is 12.7. The molecule has 5 rings (SSSR count). The van der Waals surface area contributed by atoms with Crippen molar-refractivity contribution in [3.63, 3.8) is 0 Å². The molecule has 0 bridgehead atoms. The van der Waals surface area contributed by atoms with Crippen LogP contribution in [0.25, 0.3) is 17.1 Å². The van der Waals surface area contributed by atoms with Crippen LogP contribution in [0.1, 0.15) is 11.1 Å². The third-order valence-corrected chi connectivity index (χ3v) is 7.38. The average Bonchev–Trinajstić information content (AvgIpc) is 3.51. The molecule has 11 heteroatoms. The molecule has 0 unspecified atom stereocenters. The summed E-state index contributed by atoms with van der Waals surface area (Å²) in [6.45, 7) is 0.423. The lowest BCUT2D eigenvalue weighted by Gasteiger charge is -2.12. The molecule has 5 aromatic rings. The van der Waals surface area contributed by atoms with Crippen LogP contribution in [0.5, 0.6) is 23.0 Å². The van der Waals surface area contributed by atoms with E-state index >= 15 is 0 Å². The van der Waals surface area contributed by atoms with Crippen LogP contribution in [0.4, 0.5) is 0 Å². The predicted molar refractivity (Wildman–Crippen MR) is 170 cm³/mol. The third kappa shape index (κ3) is 7.37. The van der Waals surface area contributed by atoms with Gasteiger partial charge in [0.15, 0.2) is 34.0 Å². The number of nitrogens with zero attached hydrogens (tertiary/aromatic N) is 4. The maximum absolute atomic E-state index is 12.7. The molecule has 0 atom stereocenters. The fraction of sp³-hybridized carbons (Fsp3) is 0.152. The molecule has 0 radical (unpaired) electrons. The number of benzene rings is 4. The molecule has 10 nitrogen and oxygen atoms in total. The van der Waals surface area contributed by atoms with Crippen molar-refractivity contribution in [3.05, 3.63) is 108 Å². The molecule has 0 fully saturated rings.